The van der Waals surface area contributed by atoms with Gasteiger partial charge in [-0.1, -0.05) is 37.6 Å². The van der Waals surface area contributed by atoms with Crippen molar-refractivity contribution in [2.45, 2.75) is 39.5 Å². The molecule has 2 fully saturated rings. The highest BCUT2D eigenvalue weighted by Gasteiger charge is 2.27. The van der Waals surface area contributed by atoms with Gasteiger partial charge in [-0.3, -0.25) is 9.59 Å². The molecule has 0 atom stereocenters. The molecule has 2 aliphatic heterocycles. The molecule has 0 unspecified atom stereocenters. The van der Waals surface area contributed by atoms with Gasteiger partial charge in [-0.05, 0) is 67.9 Å². The first-order chi connectivity index (χ1) is 15.4. The zero-order chi connectivity index (χ0) is 22.7. The lowest BCUT2D eigenvalue weighted by atomic mass is 9.96. The van der Waals surface area contributed by atoms with Crippen molar-refractivity contribution in [3.63, 3.8) is 0 Å². The molecule has 2 saturated heterocycles. The van der Waals surface area contributed by atoms with Crippen molar-refractivity contribution in [2.75, 3.05) is 36.4 Å². The Balaban J connectivity index is 1.61. The molecule has 32 heavy (non-hydrogen) atoms. The van der Waals surface area contributed by atoms with Crippen LogP contribution in [0.25, 0.3) is 0 Å². The van der Waals surface area contributed by atoms with Gasteiger partial charge in [0.25, 0.3) is 11.8 Å². The van der Waals surface area contributed by atoms with Crippen LogP contribution in [-0.4, -0.2) is 42.9 Å². The van der Waals surface area contributed by atoms with Crippen LogP contribution in [0.1, 0.15) is 60.2 Å². The Morgan fingerprint density at radius 3 is 2.16 bits per heavy atom. The molecule has 0 aromatic heterocycles. The second kappa shape index (κ2) is 9.95. The molecule has 0 spiro atoms. The maximum absolute atomic E-state index is 13.6. The monoisotopic (exact) mass is 453 g/mol. The van der Waals surface area contributed by atoms with Gasteiger partial charge in [-0.25, -0.2) is 0 Å². The number of amides is 2. The fraction of sp³-hybridized carbons (Fsp3) is 0.462. The van der Waals surface area contributed by atoms with Gasteiger partial charge in [-0.15, -0.1) is 0 Å². The van der Waals surface area contributed by atoms with E-state index in [9.17, 15) is 9.59 Å². The van der Waals surface area contributed by atoms with Crippen LogP contribution in [-0.2, 0) is 0 Å². The lowest BCUT2D eigenvalue weighted by Gasteiger charge is -2.35. The van der Waals surface area contributed by atoms with Gasteiger partial charge in [0.05, 0.1) is 16.1 Å². The summed E-state index contributed by atoms with van der Waals surface area (Å²) in [5.74, 6) is 1.14. The van der Waals surface area contributed by atoms with Gasteiger partial charge in [-0.2, -0.15) is 0 Å². The number of anilines is 2. The smallest absolute Gasteiger partial charge is 0.257 e. The molecule has 5 nitrogen and oxygen atoms in total. The van der Waals surface area contributed by atoms with E-state index in [-0.39, 0.29) is 11.8 Å². The van der Waals surface area contributed by atoms with Crippen LogP contribution in [0.15, 0.2) is 42.5 Å². The minimum absolute atomic E-state index is 0.0550. The van der Waals surface area contributed by atoms with Gasteiger partial charge in [0, 0.05) is 37.6 Å². The van der Waals surface area contributed by atoms with E-state index in [2.05, 4.69) is 24.1 Å². The first-order valence-corrected chi connectivity index (χ1v) is 12.0. The van der Waals surface area contributed by atoms with E-state index in [1.807, 2.05) is 23.1 Å². The molecule has 2 aliphatic rings. The third-order valence-corrected chi connectivity index (χ3v) is 7.13. The minimum atomic E-state index is -0.277. The predicted molar refractivity (Wildman–Crippen MR) is 131 cm³/mol. The Morgan fingerprint density at radius 1 is 0.875 bits per heavy atom. The molecule has 4 rings (SSSR count). The van der Waals surface area contributed by atoms with Crippen LogP contribution in [0.2, 0.25) is 5.02 Å². The molecule has 0 aliphatic carbocycles. The maximum Gasteiger partial charge on any atom is 0.257 e. The Labute approximate surface area is 195 Å². The summed E-state index contributed by atoms with van der Waals surface area (Å²) in [4.78, 5) is 30.6. The number of likely N-dealkylation sites (tertiary alicyclic amines) is 1. The highest BCUT2D eigenvalue weighted by atomic mass is 35.5. The quantitative estimate of drug-likeness (QED) is 0.645. The van der Waals surface area contributed by atoms with Crippen molar-refractivity contribution < 1.29 is 9.59 Å². The van der Waals surface area contributed by atoms with E-state index in [1.165, 1.54) is 0 Å². The number of nitrogens with zero attached hydrogens (tertiary/aromatic N) is 2. The maximum atomic E-state index is 13.6. The molecule has 2 heterocycles. The second-order valence-corrected chi connectivity index (χ2v) is 9.72. The summed E-state index contributed by atoms with van der Waals surface area (Å²) in [5.41, 5.74) is 2.67. The van der Waals surface area contributed by atoms with Crippen LogP contribution in [0.4, 0.5) is 11.4 Å². The molecule has 0 radical (unpaired) electrons. The van der Waals surface area contributed by atoms with E-state index in [0.29, 0.717) is 33.7 Å². The van der Waals surface area contributed by atoms with Crippen molar-refractivity contribution in [3.05, 3.63) is 58.6 Å². The Kier molecular flexibility index (Phi) is 7.04. The van der Waals surface area contributed by atoms with Crippen molar-refractivity contribution in [3.8, 4) is 0 Å². The topological polar surface area (TPSA) is 52.7 Å². The van der Waals surface area contributed by atoms with Crippen molar-refractivity contribution in [2.24, 2.45) is 11.8 Å². The SMILES string of the molecule is CC1CCN(C(=O)c2cc(NC(=O)c3ccccc3Cl)ccc2N2CCC(C)CC2)CC1. The zero-order valence-electron chi connectivity index (χ0n) is 18.9. The Morgan fingerprint density at radius 2 is 1.50 bits per heavy atom. The number of carbonyl (C=O) groups excluding carboxylic acids is 2. The largest absolute Gasteiger partial charge is 0.371 e. The molecule has 0 saturated carbocycles. The summed E-state index contributed by atoms with van der Waals surface area (Å²) in [5, 5.41) is 3.33. The third-order valence-electron chi connectivity index (χ3n) is 6.80. The van der Waals surface area contributed by atoms with Gasteiger partial charge in [0.15, 0.2) is 0 Å². The van der Waals surface area contributed by atoms with E-state index in [4.69, 9.17) is 11.6 Å². The summed E-state index contributed by atoms with van der Waals surface area (Å²) in [6.07, 6.45) is 4.32. The predicted octanol–water partition coefficient (Wildman–Crippen LogP) is 5.70. The van der Waals surface area contributed by atoms with Crippen LogP contribution < -0.4 is 10.2 Å². The first-order valence-electron chi connectivity index (χ1n) is 11.7. The van der Waals surface area contributed by atoms with Gasteiger partial charge in [0.1, 0.15) is 0 Å². The fourth-order valence-corrected chi connectivity index (χ4v) is 4.76. The Bertz CT molecular complexity index is 977. The number of piperidine rings is 2. The molecule has 170 valence electrons. The highest BCUT2D eigenvalue weighted by molar-refractivity contribution is 6.34. The number of carbonyl (C=O) groups is 2. The number of hydrogen-bond donors (Lipinski definition) is 1. The third kappa shape index (κ3) is 5.09. The van der Waals surface area contributed by atoms with Crippen molar-refractivity contribution in [1.82, 2.24) is 4.90 Å². The van der Waals surface area contributed by atoms with Gasteiger partial charge < -0.3 is 15.1 Å². The van der Waals surface area contributed by atoms with Gasteiger partial charge in [0.2, 0.25) is 0 Å². The van der Waals surface area contributed by atoms with E-state index in [1.54, 1.807) is 24.3 Å². The molecule has 1 N–H and O–H groups in total. The molecular formula is C26H32ClN3O2. The van der Waals surface area contributed by atoms with E-state index >= 15 is 0 Å². The van der Waals surface area contributed by atoms with Crippen LogP contribution >= 0.6 is 11.6 Å². The minimum Gasteiger partial charge on any atom is -0.371 e. The van der Waals surface area contributed by atoms with Crippen molar-refractivity contribution >= 4 is 34.8 Å². The number of hydrogen-bond acceptors (Lipinski definition) is 3. The van der Waals surface area contributed by atoms with E-state index in [0.717, 1.165) is 57.5 Å². The summed E-state index contributed by atoms with van der Waals surface area (Å²) < 4.78 is 0. The second-order valence-electron chi connectivity index (χ2n) is 9.31. The summed E-state index contributed by atoms with van der Waals surface area (Å²) >= 11 is 6.19. The number of nitrogens with one attached hydrogen (secondary N) is 1. The lowest BCUT2D eigenvalue weighted by Crippen LogP contribution is -2.40. The number of rotatable bonds is 4. The number of halogens is 1. The molecular weight excluding hydrogens is 422 g/mol. The molecule has 6 heteroatoms. The highest BCUT2D eigenvalue weighted by Crippen LogP contribution is 2.31. The van der Waals surface area contributed by atoms with Crippen molar-refractivity contribution in [1.29, 1.82) is 0 Å². The average Bonchev–Trinajstić information content (AvgIpc) is 2.80. The van der Waals surface area contributed by atoms with Crippen LogP contribution in [0.5, 0.6) is 0 Å². The molecule has 2 aromatic carbocycles. The molecule has 0 bridgehead atoms. The summed E-state index contributed by atoms with van der Waals surface area (Å²) in [6.45, 7) is 7.99. The lowest BCUT2D eigenvalue weighted by molar-refractivity contribution is 0.0697. The summed E-state index contributed by atoms with van der Waals surface area (Å²) in [7, 11) is 0. The fourth-order valence-electron chi connectivity index (χ4n) is 4.54. The average molecular weight is 454 g/mol. The zero-order valence-corrected chi connectivity index (χ0v) is 19.7. The first kappa shape index (κ1) is 22.7. The normalized spacial score (nSPS) is 18.0. The van der Waals surface area contributed by atoms with Crippen LogP contribution in [0.3, 0.4) is 0 Å². The summed E-state index contributed by atoms with van der Waals surface area (Å²) in [6, 6.07) is 12.7. The Hall–Kier alpha value is -2.53. The van der Waals surface area contributed by atoms with E-state index < -0.39 is 0 Å². The van der Waals surface area contributed by atoms with Gasteiger partial charge >= 0.3 is 0 Å². The molecule has 2 amide bonds. The number of benzene rings is 2. The van der Waals surface area contributed by atoms with Crippen LogP contribution in [0, 0.1) is 11.8 Å². The standard InChI is InChI=1S/C26H32ClN3O2/c1-18-9-13-29(14-10-18)24-8-7-20(28-25(31)21-5-3-4-6-23(21)27)17-22(24)26(32)30-15-11-19(2)12-16-30/h3-8,17-19H,9-16H2,1-2H3,(H,28,31). The molecule has 2 aromatic rings.